The first-order valence-corrected chi connectivity index (χ1v) is 6.89. The van der Waals surface area contributed by atoms with Gasteiger partial charge in [-0.15, -0.1) is 0 Å². The largest absolute Gasteiger partial charge is 0.445 e. The highest BCUT2D eigenvalue weighted by atomic mass is 16.6. The van der Waals surface area contributed by atoms with E-state index in [1.807, 2.05) is 30.3 Å². The molecule has 0 aromatic heterocycles. The number of benzene rings is 1. The first-order chi connectivity index (χ1) is 9.24. The quantitative estimate of drug-likeness (QED) is 0.907. The van der Waals surface area contributed by atoms with Gasteiger partial charge in [-0.25, -0.2) is 4.79 Å². The van der Waals surface area contributed by atoms with Gasteiger partial charge in [-0.3, -0.25) is 0 Å². The lowest BCUT2D eigenvalue weighted by Crippen LogP contribution is -2.37. The first kappa shape index (κ1) is 12.5. The van der Waals surface area contributed by atoms with Crippen LogP contribution in [0.3, 0.4) is 0 Å². The van der Waals surface area contributed by atoms with Gasteiger partial charge in [0.25, 0.3) is 0 Å². The third-order valence-electron chi connectivity index (χ3n) is 3.93. The molecule has 0 radical (unpaired) electrons. The van der Waals surface area contributed by atoms with E-state index in [0.717, 1.165) is 5.56 Å². The van der Waals surface area contributed by atoms with Crippen LogP contribution < -0.4 is 0 Å². The van der Waals surface area contributed by atoms with Gasteiger partial charge >= 0.3 is 6.09 Å². The summed E-state index contributed by atoms with van der Waals surface area (Å²) < 4.78 is 5.34. The molecule has 1 amide bonds. The number of likely N-dealkylation sites (tertiary alicyclic amines) is 1. The molecule has 0 bridgehead atoms. The summed E-state index contributed by atoms with van der Waals surface area (Å²) in [6, 6.07) is 9.84. The normalized spacial score (nSPS) is 26.5. The van der Waals surface area contributed by atoms with Crippen molar-refractivity contribution in [2.24, 2.45) is 5.92 Å². The summed E-state index contributed by atoms with van der Waals surface area (Å²) in [7, 11) is 0. The minimum absolute atomic E-state index is 0.179. The van der Waals surface area contributed by atoms with E-state index in [0.29, 0.717) is 25.5 Å². The SMILES string of the molecule is O=C(OCc1ccccc1)N1CC(O)CC1C1CC1. The van der Waals surface area contributed by atoms with Crippen molar-refractivity contribution in [3.05, 3.63) is 35.9 Å². The van der Waals surface area contributed by atoms with Gasteiger partial charge in [0.1, 0.15) is 6.61 Å². The topological polar surface area (TPSA) is 49.8 Å². The Morgan fingerprint density at radius 2 is 2.05 bits per heavy atom. The molecule has 1 aromatic carbocycles. The van der Waals surface area contributed by atoms with Crippen molar-refractivity contribution in [3.8, 4) is 0 Å². The van der Waals surface area contributed by atoms with Crippen molar-refractivity contribution in [1.29, 1.82) is 0 Å². The maximum absolute atomic E-state index is 12.1. The lowest BCUT2D eigenvalue weighted by atomic mass is 10.1. The summed E-state index contributed by atoms with van der Waals surface area (Å²) in [6.07, 6.45) is 2.34. The molecule has 1 saturated heterocycles. The highest BCUT2D eigenvalue weighted by molar-refractivity contribution is 5.68. The number of β-amino-alcohol motifs (C(OH)–C–C–N with tert-alkyl or cyclic N) is 1. The Balaban J connectivity index is 1.57. The molecule has 2 unspecified atom stereocenters. The number of nitrogens with zero attached hydrogens (tertiary/aromatic N) is 1. The van der Waals surface area contributed by atoms with E-state index >= 15 is 0 Å². The molecular formula is C15H19NO3. The zero-order valence-corrected chi connectivity index (χ0v) is 10.9. The monoisotopic (exact) mass is 261 g/mol. The van der Waals surface area contributed by atoms with Crippen LogP contribution in [0.1, 0.15) is 24.8 Å². The van der Waals surface area contributed by atoms with Gasteiger partial charge in [-0.05, 0) is 30.7 Å². The average Bonchev–Trinajstić information content (AvgIpc) is 3.20. The predicted octanol–water partition coefficient (Wildman–Crippen LogP) is 2.17. The van der Waals surface area contributed by atoms with Gasteiger partial charge in [0.15, 0.2) is 0 Å². The Morgan fingerprint density at radius 3 is 2.74 bits per heavy atom. The summed E-state index contributed by atoms with van der Waals surface area (Å²) in [5, 5.41) is 9.73. The summed E-state index contributed by atoms with van der Waals surface area (Å²) >= 11 is 0. The number of amides is 1. The molecule has 1 aliphatic heterocycles. The van der Waals surface area contributed by atoms with Crippen LogP contribution in [0.5, 0.6) is 0 Å². The second-order valence-corrected chi connectivity index (χ2v) is 5.49. The molecule has 2 aliphatic rings. The van der Waals surface area contributed by atoms with Gasteiger partial charge in [-0.2, -0.15) is 0 Å². The number of carbonyl (C=O) groups is 1. The molecule has 3 rings (SSSR count). The second kappa shape index (κ2) is 5.21. The molecule has 4 nitrogen and oxygen atoms in total. The maximum Gasteiger partial charge on any atom is 0.410 e. The van der Waals surface area contributed by atoms with Gasteiger partial charge in [0.05, 0.1) is 12.6 Å². The molecule has 4 heteroatoms. The summed E-state index contributed by atoms with van der Waals surface area (Å²) in [4.78, 5) is 13.8. The van der Waals surface area contributed by atoms with Crippen molar-refractivity contribution in [2.45, 2.75) is 38.0 Å². The van der Waals surface area contributed by atoms with Crippen LogP contribution in [0.2, 0.25) is 0 Å². The van der Waals surface area contributed by atoms with Crippen LogP contribution in [0.25, 0.3) is 0 Å². The minimum atomic E-state index is -0.394. The standard InChI is InChI=1S/C15H19NO3/c17-13-8-14(12-6-7-12)16(9-13)15(18)19-10-11-4-2-1-3-5-11/h1-5,12-14,17H,6-10H2. The lowest BCUT2D eigenvalue weighted by Gasteiger charge is -2.23. The van der Waals surface area contributed by atoms with Crippen molar-refractivity contribution >= 4 is 6.09 Å². The van der Waals surface area contributed by atoms with Gasteiger partial charge in [-0.1, -0.05) is 30.3 Å². The van der Waals surface area contributed by atoms with Crippen LogP contribution in [0, 0.1) is 5.92 Å². The van der Waals surface area contributed by atoms with Gasteiger partial charge < -0.3 is 14.7 Å². The fourth-order valence-corrected chi connectivity index (χ4v) is 2.78. The van der Waals surface area contributed by atoms with Crippen LogP contribution in [-0.4, -0.2) is 34.8 Å². The van der Waals surface area contributed by atoms with E-state index in [2.05, 4.69) is 0 Å². The van der Waals surface area contributed by atoms with Crippen LogP contribution in [0.15, 0.2) is 30.3 Å². The minimum Gasteiger partial charge on any atom is -0.445 e. The molecular weight excluding hydrogens is 242 g/mol. The Kier molecular flexibility index (Phi) is 3.42. The lowest BCUT2D eigenvalue weighted by molar-refractivity contribution is 0.0850. The zero-order chi connectivity index (χ0) is 13.2. The van der Waals surface area contributed by atoms with Crippen LogP contribution >= 0.6 is 0 Å². The predicted molar refractivity (Wildman–Crippen MR) is 70.5 cm³/mol. The molecule has 1 N–H and O–H groups in total. The molecule has 102 valence electrons. The Hall–Kier alpha value is -1.55. The third kappa shape index (κ3) is 2.89. The molecule has 0 spiro atoms. The second-order valence-electron chi connectivity index (χ2n) is 5.49. The Morgan fingerprint density at radius 1 is 1.32 bits per heavy atom. The fraction of sp³-hybridized carbons (Fsp3) is 0.533. The van der Waals surface area contributed by atoms with E-state index in [-0.39, 0.29) is 12.1 Å². The number of carbonyl (C=O) groups excluding carboxylic acids is 1. The summed E-state index contributed by atoms with van der Waals surface area (Å²) in [5.74, 6) is 0.571. The molecule has 2 fully saturated rings. The first-order valence-electron chi connectivity index (χ1n) is 6.89. The fourth-order valence-electron chi connectivity index (χ4n) is 2.78. The number of hydrogen-bond acceptors (Lipinski definition) is 3. The van der Waals surface area contributed by atoms with E-state index in [1.54, 1.807) is 4.90 Å². The highest BCUT2D eigenvalue weighted by Crippen LogP contribution is 2.40. The van der Waals surface area contributed by atoms with Crippen molar-refractivity contribution < 1.29 is 14.6 Å². The Bertz CT molecular complexity index is 444. The van der Waals surface area contributed by atoms with E-state index in [1.165, 1.54) is 12.8 Å². The van der Waals surface area contributed by atoms with Crippen LogP contribution in [-0.2, 0) is 11.3 Å². The number of aliphatic hydroxyl groups is 1. The molecule has 1 saturated carbocycles. The van der Waals surface area contributed by atoms with Crippen molar-refractivity contribution in [1.82, 2.24) is 4.90 Å². The number of aliphatic hydroxyl groups excluding tert-OH is 1. The summed E-state index contributed by atoms with van der Waals surface area (Å²) in [6.45, 7) is 0.707. The Labute approximate surface area is 113 Å². The van der Waals surface area contributed by atoms with E-state index < -0.39 is 6.10 Å². The van der Waals surface area contributed by atoms with Crippen molar-refractivity contribution in [3.63, 3.8) is 0 Å². The number of hydrogen-bond donors (Lipinski definition) is 1. The average molecular weight is 261 g/mol. The number of rotatable bonds is 3. The molecule has 19 heavy (non-hydrogen) atoms. The smallest absolute Gasteiger partial charge is 0.410 e. The summed E-state index contributed by atoms with van der Waals surface area (Å²) in [5.41, 5.74) is 0.985. The van der Waals surface area contributed by atoms with E-state index in [9.17, 15) is 9.90 Å². The zero-order valence-electron chi connectivity index (χ0n) is 10.9. The van der Waals surface area contributed by atoms with Crippen molar-refractivity contribution in [2.75, 3.05) is 6.54 Å². The van der Waals surface area contributed by atoms with E-state index in [4.69, 9.17) is 4.74 Å². The van der Waals surface area contributed by atoms with Crippen LogP contribution in [0.4, 0.5) is 4.79 Å². The molecule has 1 heterocycles. The van der Waals surface area contributed by atoms with Gasteiger partial charge in [0.2, 0.25) is 0 Å². The highest BCUT2D eigenvalue weighted by Gasteiger charge is 2.44. The molecule has 1 aliphatic carbocycles. The third-order valence-corrected chi connectivity index (χ3v) is 3.93. The molecule has 2 atom stereocenters. The van der Waals surface area contributed by atoms with Gasteiger partial charge in [0, 0.05) is 6.04 Å². The maximum atomic E-state index is 12.1. The number of ether oxygens (including phenoxy) is 1. The molecule has 1 aromatic rings.